The third-order valence-corrected chi connectivity index (χ3v) is 1.08. The molecule has 0 aromatic heterocycles. The van der Waals surface area contributed by atoms with E-state index in [-0.39, 0.29) is 0 Å². The molecule has 0 unspecified atom stereocenters. The summed E-state index contributed by atoms with van der Waals surface area (Å²) in [6.07, 6.45) is -3.75. The van der Waals surface area contributed by atoms with Crippen LogP contribution in [0.3, 0.4) is 0 Å². The topological polar surface area (TPSA) is 17.1 Å². The van der Waals surface area contributed by atoms with Gasteiger partial charge in [-0.1, -0.05) is 0 Å². The molecule has 0 aromatic rings. The molecule has 0 saturated carbocycles. The van der Waals surface area contributed by atoms with E-state index in [9.17, 15) is 39.9 Å². The second-order valence-corrected chi connectivity index (χ2v) is 2.00. The summed E-state index contributed by atoms with van der Waals surface area (Å²) in [6, 6.07) is -3.90. The van der Waals surface area contributed by atoms with Crippen molar-refractivity contribution in [2.75, 3.05) is 0 Å². The molecule has 0 aliphatic carbocycles. The smallest absolute Gasteiger partial charge is 0.254 e. The largest absolute Gasteiger partial charge is 0.404 e. The van der Waals surface area contributed by atoms with Gasteiger partial charge in [0, 0.05) is 0 Å². The fourth-order valence-corrected chi connectivity index (χ4v) is 0.380. The zero-order chi connectivity index (χ0) is 11.7. The maximum Gasteiger partial charge on any atom is 0.404 e. The molecule has 0 aromatic carbocycles. The molecule has 1 nitrogen and oxygen atoms in total. The van der Waals surface area contributed by atoms with Crippen LogP contribution in [-0.2, 0) is 4.79 Å². The highest BCUT2D eigenvalue weighted by molar-refractivity contribution is 5.78. The average Bonchev–Trinajstić information content (AvgIpc) is 2.01. The molecular weight excluding hydrogens is 228 g/mol. The van der Waals surface area contributed by atoms with Crippen molar-refractivity contribution >= 4 is 6.04 Å². The number of allylic oxidation sites excluding steroid dienone is 1. The van der Waals surface area contributed by atoms with Crippen molar-refractivity contribution in [1.82, 2.24) is 0 Å². The third-order valence-electron chi connectivity index (χ3n) is 1.08. The molecule has 0 radical (unpaired) electrons. The minimum Gasteiger partial charge on any atom is -0.254 e. The van der Waals surface area contributed by atoms with Crippen molar-refractivity contribution < 1.29 is 39.9 Å². The Hall–Kier alpha value is -1.15. The Morgan fingerprint density at radius 3 is 1.36 bits per heavy atom. The predicted octanol–water partition coefficient (Wildman–Crippen LogP) is 2.83. The van der Waals surface area contributed by atoms with Gasteiger partial charge in [-0.3, -0.25) is 4.79 Å². The Bertz CT molecular complexity index is 275. The fraction of sp³-hybridized carbons (Fsp3) is 0.400. The van der Waals surface area contributed by atoms with Gasteiger partial charge in [-0.25, -0.2) is 0 Å². The van der Waals surface area contributed by atoms with Gasteiger partial charge in [0.25, 0.3) is 0 Å². The van der Waals surface area contributed by atoms with Crippen LogP contribution in [-0.4, -0.2) is 17.9 Å². The minimum atomic E-state index is -6.20. The van der Waals surface area contributed by atoms with Crippen LogP contribution in [0, 0.1) is 0 Å². The molecule has 0 saturated heterocycles. The van der Waals surface area contributed by atoms with Crippen LogP contribution < -0.4 is 0 Å². The van der Waals surface area contributed by atoms with Crippen LogP contribution in [0.1, 0.15) is 0 Å². The number of hydrogen-bond donors (Lipinski definition) is 0. The highest BCUT2D eigenvalue weighted by Crippen LogP contribution is 2.43. The summed E-state index contributed by atoms with van der Waals surface area (Å²) in [5.41, 5.74) is 0. The number of carbonyl (C=O) groups is 1. The molecule has 0 aliphatic rings. The summed E-state index contributed by atoms with van der Waals surface area (Å²) in [6.45, 7) is 0. The number of hydrogen-bond acceptors (Lipinski definition) is 1. The molecule has 14 heavy (non-hydrogen) atoms. The van der Waals surface area contributed by atoms with Gasteiger partial charge in [0.2, 0.25) is 5.83 Å². The first-order valence-electron chi connectivity index (χ1n) is 2.72. The van der Waals surface area contributed by atoms with Gasteiger partial charge in [-0.2, -0.15) is 35.1 Å². The first kappa shape index (κ1) is 12.8. The highest BCUT2D eigenvalue weighted by Gasteiger charge is 2.67. The molecule has 0 amide bonds. The van der Waals surface area contributed by atoms with Crippen LogP contribution >= 0.6 is 0 Å². The minimum absolute atomic E-state index is 3.75. The van der Waals surface area contributed by atoms with Crippen LogP contribution in [0.25, 0.3) is 0 Å². The maximum absolute atomic E-state index is 12.0. The van der Waals surface area contributed by atoms with E-state index >= 15 is 0 Å². The zero-order valence-corrected chi connectivity index (χ0v) is 5.93. The van der Waals surface area contributed by atoms with Crippen LogP contribution in [0.5, 0.6) is 0 Å². The van der Waals surface area contributed by atoms with Crippen molar-refractivity contribution in [2.24, 2.45) is 0 Å². The molecule has 0 bridgehead atoms. The molecule has 0 N–H and O–H groups in total. The summed E-state index contributed by atoms with van der Waals surface area (Å²) in [4.78, 5) is 9.31. The van der Waals surface area contributed by atoms with Crippen molar-refractivity contribution in [3.63, 3.8) is 0 Å². The van der Waals surface area contributed by atoms with E-state index in [2.05, 4.69) is 0 Å². The van der Waals surface area contributed by atoms with Crippen molar-refractivity contribution in [2.45, 2.75) is 11.8 Å². The van der Waals surface area contributed by atoms with Gasteiger partial charge in [0.05, 0.1) is 0 Å². The Balaban J connectivity index is 5.37. The lowest BCUT2D eigenvalue weighted by molar-refractivity contribution is -0.209. The van der Waals surface area contributed by atoms with Gasteiger partial charge >= 0.3 is 24.0 Å². The summed E-state index contributed by atoms with van der Waals surface area (Å²) < 4.78 is 93.0. The molecule has 82 valence electrons. The lowest BCUT2D eigenvalue weighted by atomic mass is 10.1. The third kappa shape index (κ3) is 1.85. The number of rotatable bonds is 3. The first-order valence-corrected chi connectivity index (χ1v) is 2.72. The number of halogens is 8. The predicted molar refractivity (Wildman–Crippen MR) is 26.4 cm³/mol. The quantitative estimate of drug-likeness (QED) is 0.536. The standard InChI is InChI=1S/C5F8O/c6-1(2(7)8)4(10,11)5(12,13)3(9)14. The zero-order valence-electron chi connectivity index (χ0n) is 5.93. The molecule has 0 rings (SSSR count). The van der Waals surface area contributed by atoms with Crippen molar-refractivity contribution in [3.05, 3.63) is 11.9 Å². The maximum atomic E-state index is 12.0. The Labute approximate surface area is 71.0 Å². The second-order valence-electron chi connectivity index (χ2n) is 2.00. The van der Waals surface area contributed by atoms with E-state index in [0.717, 1.165) is 0 Å². The van der Waals surface area contributed by atoms with E-state index in [0.29, 0.717) is 0 Å². The number of alkyl halides is 4. The summed E-state index contributed by atoms with van der Waals surface area (Å²) in [7, 11) is 0. The van der Waals surface area contributed by atoms with E-state index in [1.165, 1.54) is 0 Å². The van der Waals surface area contributed by atoms with Gasteiger partial charge < -0.3 is 0 Å². The van der Waals surface area contributed by atoms with E-state index in [1.54, 1.807) is 0 Å². The highest BCUT2D eigenvalue weighted by atomic mass is 19.3. The Morgan fingerprint density at radius 1 is 0.786 bits per heavy atom. The second kappa shape index (κ2) is 3.54. The van der Waals surface area contributed by atoms with Crippen LogP contribution in [0.4, 0.5) is 35.1 Å². The average molecular weight is 228 g/mol. The van der Waals surface area contributed by atoms with Gasteiger partial charge in [0.1, 0.15) is 0 Å². The van der Waals surface area contributed by atoms with Crippen LogP contribution in [0.2, 0.25) is 0 Å². The van der Waals surface area contributed by atoms with Crippen LogP contribution in [0.15, 0.2) is 11.9 Å². The normalized spacial score (nSPS) is 12.6. The number of carbonyl (C=O) groups excluding carboxylic acids is 1. The summed E-state index contributed by atoms with van der Waals surface area (Å²) in [5.74, 6) is -16.2. The van der Waals surface area contributed by atoms with Gasteiger partial charge in [-0.15, -0.1) is 0 Å². The first-order chi connectivity index (χ1) is 6.05. The molecule has 0 heterocycles. The van der Waals surface area contributed by atoms with E-state index in [4.69, 9.17) is 0 Å². The lowest BCUT2D eigenvalue weighted by Gasteiger charge is -2.19. The van der Waals surface area contributed by atoms with E-state index in [1.807, 2.05) is 0 Å². The Morgan fingerprint density at radius 2 is 1.14 bits per heavy atom. The van der Waals surface area contributed by atoms with E-state index < -0.39 is 29.8 Å². The molecule has 0 fully saturated rings. The Kier molecular flexibility index (Phi) is 3.25. The van der Waals surface area contributed by atoms with Crippen molar-refractivity contribution in [1.29, 1.82) is 0 Å². The van der Waals surface area contributed by atoms with Gasteiger partial charge in [-0.05, 0) is 0 Å². The lowest BCUT2D eigenvalue weighted by Crippen LogP contribution is -2.46. The summed E-state index contributed by atoms with van der Waals surface area (Å²) >= 11 is 0. The SMILES string of the molecule is O=C(F)C(F)(F)C(F)(F)C(F)=C(F)F. The summed E-state index contributed by atoms with van der Waals surface area (Å²) in [5, 5.41) is 0. The molecule has 9 heteroatoms. The van der Waals surface area contributed by atoms with Crippen molar-refractivity contribution in [3.8, 4) is 0 Å². The molecule has 0 spiro atoms. The molecule has 0 atom stereocenters. The monoisotopic (exact) mass is 228 g/mol. The molecular formula is C5F8O. The fourth-order valence-electron chi connectivity index (χ4n) is 0.380. The molecule has 0 aliphatic heterocycles. The van der Waals surface area contributed by atoms with Gasteiger partial charge in [0.15, 0.2) is 0 Å².